The molecule has 146 valence electrons. The van der Waals surface area contributed by atoms with Gasteiger partial charge in [-0.05, 0) is 26.1 Å². The number of benzene rings is 1. The van der Waals surface area contributed by atoms with Crippen molar-refractivity contribution < 1.29 is 4.52 Å². The Balaban J connectivity index is 0.00000261. The lowest BCUT2D eigenvalue weighted by Gasteiger charge is -2.11. The Morgan fingerprint density at radius 3 is 2.41 bits per heavy atom. The van der Waals surface area contributed by atoms with Crippen molar-refractivity contribution in [3.05, 3.63) is 39.9 Å². The Hall–Kier alpha value is -1.67. The molecule has 2 aromatic heterocycles. The topological polar surface area (TPSA) is 81.7 Å². The second kappa shape index (κ2) is 9.01. The van der Waals surface area contributed by atoms with E-state index in [1.807, 2.05) is 27.8 Å². The molecule has 27 heavy (non-hydrogen) atoms. The second-order valence-corrected chi connectivity index (χ2v) is 7.15. The van der Waals surface area contributed by atoms with Crippen LogP contribution in [-0.2, 0) is 6.42 Å². The average Bonchev–Trinajstić information content (AvgIpc) is 3.21. The van der Waals surface area contributed by atoms with Gasteiger partial charge < -0.3 is 9.84 Å². The summed E-state index contributed by atoms with van der Waals surface area (Å²) in [6.07, 6.45) is 0.647. The molecule has 0 aliphatic rings. The summed E-state index contributed by atoms with van der Waals surface area (Å²) in [6.45, 7) is 6.07. The summed E-state index contributed by atoms with van der Waals surface area (Å²) >= 11 is 12.7. The number of hydrogen-bond acceptors (Lipinski definition) is 6. The van der Waals surface area contributed by atoms with Crippen molar-refractivity contribution >= 4 is 35.6 Å². The molecule has 0 spiro atoms. The van der Waals surface area contributed by atoms with Crippen LogP contribution in [0.25, 0.3) is 17.4 Å². The number of nitrogens with one attached hydrogen (secondary N) is 1. The number of halogens is 3. The van der Waals surface area contributed by atoms with Gasteiger partial charge in [0.05, 0.1) is 10.0 Å². The SMILES string of the molecule is CNC(C)Cc1noc(-c2nc(C(C)C)n(-c3c(Cl)cccc3Cl)n2)n1.Cl. The molecule has 1 aromatic carbocycles. The molecule has 0 fully saturated rings. The molecule has 7 nitrogen and oxygen atoms in total. The first-order valence-corrected chi connectivity index (χ1v) is 9.07. The zero-order chi connectivity index (χ0) is 18.8. The van der Waals surface area contributed by atoms with Gasteiger partial charge in [0.2, 0.25) is 5.82 Å². The summed E-state index contributed by atoms with van der Waals surface area (Å²) in [4.78, 5) is 8.97. The van der Waals surface area contributed by atoms with Crippen molar-refractivity contribution in [1.82, 2.24) is 30.2 Å². The molecule has 0 aliphatic heterocycles. The second-order valence-electron chi connectivity index (χ2n) is 6.34. The van der Waals surface area contributed by atoms with Crippen LogP contribution < -0.4 is 5.32 Å². The molecule has 3 aromatic rings. The Bertz CT molecular complexity index is 888. The van der Waals surface area contributed by atoms with Crippen molar-refractivity contribution in [3.63, 3.8) is 0 Å². The lowest BCUT2D eigenvalue weighted by molar-refractivity contribution is 0.415. The first kappa shape index (κ1) is 21.6. The maximum atomic E-state index is 6.34. The standard InChI is InChI=1S/C17H20Cl2N6O.ClH/c1-9(2)16-22-15(17-21-13(24-26-17)8-10(3)20-4)23-25(16)14-11(18)6-5-7-12(14)19;/h5-7,9-10,20H,8H2,1-4H3;1H. The monoisotopic (exact) mass is 430 g/mol. The first-order chi connectivity index (χ1) is 12.4. The van der Waals surface area contributed by atoms with E-state index in [1.54, 1.807) is 22.9 Å². The number of hydrogen-bond donors (Lipinski definition) is 1. The van der Waals surface area contributed by atoms with Gasteiger partial charge in [-0.1, -0.05) is 48.3 Å². The number of aromatic nitrogens is 5. The van der Waals surface area contributed by atoms with E-state index in [9.17, 15) is 0 Å². The quantitative estimate of drug-likeness (QED) is 0.626. The van der Waals surface area contributed by atoms with Crippen LogP contribution in [0, 0.1) is 0 Å². The summed E-state index contributed by atoms with van der Waals surface area (Å²) < 4.78 is 6.99. The minimum Gasteiger partial charge on any atom is -0.330 e. The molecule has 0 amide bonds. The third-order valence-electron chi connectivity index (χ3n) is 3.94. The number of nitrogens with zero attached hydrogens (tertiary/aromatic N) is 5. The summed E-state index contributed by atoms with van der Waals surface area (Å²) in [5.41, 5.74) is 0.585. The summed E-state index contributed by atoms with van der Waals surface area (Å²) in [5, 5.41) is 12.7. The third kappa shape index (κ3) is 4.60. The smallest absolute Gasteiger partial charge is 0.297 e. The molecule has 10 heteroatoms. The van der Waals surface area contributed by atoms with Crippen molar-refractivity contribution in [3.8, 4) is 17.4 Å². The van der Waals surface area contributed by atoms with Gasteiger partial charge in [-0.2, -0.15) is 4.98 Å². The fourth-order valence-corrected chi connectivity index (χ4v) is 3.01. The largest absolute Gasteiger partial charge is 0.330 e. The first-order valence-electron chi connectivity index (χ1n) is 8.32. The zero-order valence-electron chi connectivity index (χ0n) is 15.4. The molecule has 3 rings (SSSR count). The molecular formula is C17H21Cl3N6O. The van der Waals surface area contributed by atoms with Gasteiger partial charge in [-0.3, -0.25) is 0 Å². The molecule has 0 saturated heterocycles. The number of likely N-dealkylation sites (N-methyl/N-ethyl adjacent to an activating group) is 1. The molecule has 0 bridgehead atoms. The van der Waals surface area contributed by atoms with Crippen LogP contribution in [-0.4, -0.2) is 38.0 Å². The van der Waals surface area contributed by atoms with Crippen LogP contribution in [0.15, 0.2) is 22.7 Å². The lowest BCUT2D eigenvalue weighted by Crippen LogP contribution is -2.24. The minimum absolute atomic E-state index is 0. The molecule has 2 heterocycles. The molecule has 0 radical (unpaired) electrons. The number of para-hydroxylation sites is 1. The maximum Gasteiger partial charge on any atom is 0.297 e. The van der Waals surface area contributed by atoms with Gasteiger partial charge in [-0.15, -0.1) is 17.5 Å². The molecule has 1 unspecified atom stereocenters. The number of rotatable bonds is 6. The fraction of sp³-hybridized carbons (Fsp3) is 0.412. The van der Waals surface area contributed by atoms with Gasteiger partial charge in [0.15, 0.2) is 5.82 Å². The molecule has 0 aliphatic carbocycles. The van der Waals surface area contributed by atoms with E-state index in [0.29, 0.717) is 39.6 Å². The molecule has 1 N–H and O–H groups in total. The molecular weight excluding hydrogens is 411 g/mol. The average molecular weight is 432 g/mol. The van der Waals surface area contributed by atoms with Crippen molar-refractivity contribution in [2.24, 2.45) is 0 Å². The normalized spacial score (nSPS) is 12.3. The highest BCUT2D eigenvalue weighted by Crippen LogP contribution is 2.31. The van der Waals surface area contributed by atoms with E-state index in [2.05, 4.69) is 25.5 Å². The van der Waals surface area contributed by atoms with Gasteiger partial charge in [0.1, 0.15) is 11.5 Å². The van der Waals surface area contributed by atoms with Gasteiger partial charge >= 0.3 is 0 Å². The highest BCUT2D eigenvalue weighted by Gasteiger charge is 2.22. The van der Waals surface area contributed by atoms with Gasteiger partial charge in [0, 0.05) is 18.4 Å². The van der Waals surface area contributed by atoms with E-state index < -0.39 is 0 Å². The molecule has 1 atom stereocenters. The summed E-state index contributed by atoms with van der Waals surface area (Å²) in [5.74, 6) is 2.02. The Morgan fingerprint density at radius 2 is 1.81 bits per heavy atom. The lowest BCUT2D eigenvalue weighted by atomic mass is 10.2. The van der Waals surface area contributed by atoms with Crippen LogP contribution in [0.1, 0.15) is 38.3 Å². The maximum absolute atomic E-state index is 6.34. The van der Waals surface area contributed by atoms with Crippen LogP contribution in [0.2, 0.25) is 10.0 Å². The van der Waals surface area contributed by atoms with E-state index in [-0.39, 0.29) is 30.3 Å². The van der Waals surface area contributed by atoms with Crippen LogP contribution in [0.3, 0.4) is 0 Å². The summed E-state index contributed by atoms with van der Waals surface area (Å²) in [6, 6.07) is 5.55. The van der Waals surface area contributed by atoms with Crippen molar-refractivity contribution in [2.75, 3.05) is 7.05 Å². The Morgan fingerprint density at radius 1 is 1.15 bits per heavy atom. The van der Waals surface area contributed by atoms with E-state index in [0.717, 1.165) is 0 Å². The predicted molar refractivity (Wildman–Crippen MR) is 108 cm³/mol. The third-order valence-corrected chi connectivity index (χ3v) is 4.55. The van der Waals surface area contributed by atoms with E-state index >= 15 is 0 Å². The van der Waals surface area contributed by atoms with Gasteiger partial charge in [-0.25, -0.2) is 9.67 Å². The minimum atomic E-state index is 0. The zero-order valence-corrected chi connectivity index (χ0v) is 17.7. The highest BCUT2D eigenvalue weighted by atomic mass is 35.5. The summed E-state index contributed by atoms with van der Waals surface area (Å²) in [7, 11) is 1.89. The van der Waals surface area contributed by atoms with Crippen molar-refractivity contribution in [2.45, 2.75) is 39.2 Å². The van der Waals surface area contributed by atoms with Gasteiger partial charge in [0.25, 0.3) is 5.89 Å². The highest BCUT2D eigenvalue weighted by molar-refractivity contribution is 6.37. The fourth-order valence-electron chi connectivity index (χ4n) is 2.45. The van der Waals surface area contributed by atoms with E-state index in [1.165, 1.54) is 0 Å². The van der Waals surface area contributed by atoms with Crippen LogP contribution in [0.5, 0.6) is 0 Å². The van der Waals surface area contributed by atoms with Crippen LogP contribution >= 0.6 is 35.6 Å². The van der Waals surface area contributed by atoms with E-state index in [4.69, 9.17) is 27.7 Å². The predicted octanol–water partition coefficient (Wildman–Crippen LogP) is 4.32. The Labute approximate surface area is 173 Å². The molecule has 0 saturated carbocycles. The van der Waals surface area contributed by atoms with Crippen LogP contribution in [0.4, 0.5) is 0 Å². The Kier molecular flexibility index (Phi) is 7.22. The van der Waals surface area contributed by atoms with Crippen molar-refractivity contribution in [1.29, 1.82) is 0 Å².